The average molecular weight is 489 g/mol. The lowest BCUT2D eigenvalue weighted by Gasteiger charge is -2.13. The summed E-state index contributed by atoms with van der Waals surface area (Å²) in [4.78, 5) is 12.4. The maximum absolute atomic E-state index is 12.6. The van der Waals surface area contributed by atoms with E-state index in [0.717, 1.165) is 22.4 Å². The van der Waals surface area contributed by atoms with Crippen LogP contribution in [0.4, 0.5) is 11.4 Å². The van der Waals surface area contributed by atoms with Crippen molar-refractivity contribution in [1.29, 1.82) is 0 Å². The Morgan fingerprint density at radius 3 is 2.18 bits per heavy atom. The van der Waals surface area contributed by atoms with Gasteiger partial charge in [-0.25, -0.2) is 8.42 Å². The molecule has 0 fully saturated rings. The summed E-state index contributed by atoms with van der Waals surface area (Å²) >= 11 is 6.05. The molecule has 3 rings (SSSR count). The van der Waals surface area contributed by atoms with E-state index in [0.29, 0.717) is 17.2 Å². The number of hydrogen-bond acceptors (Lipinski definition) is 5. The van der Waals surface area contributed by atoms with Crippen LogP contribution in [-0.4, -0.2) is 28.0 Å². The first-order chi connectivity index (χ1) is 15.6. The van der Waals surface area contributed by atoms with E-state index >= 15 is 0 Å². The molecule has 7 nitrogen and oxygen atoms in total. The predicted octanol–water partition coefficient (Wildman–Crippen LogP) is 5.09. The Morgan fingerprint density at radius 2 is 1.61 bits per heavy atom. The molecule has 3 aromatic rings. The van der Waals surface area contributed by atoms with Crippen molar-refractivity contribution in [2.45, 2.75) is 25.7 Å². The third-order valence-corrected chi connectivity index (χ3v) is 6.54. The van der Waals surface area contributed by atoms with Gasteiger partial charge in [-0.2, -0.15) is 0 Å². The number of methoxy groups -OCH3 is 1. The summed E-state index contributed by atoms with van der Waals surface area (Å²) < 4.78 is 38.3. The summed E-state index contributed by atoms with van der Waals surface area (Å²) in [6.07, 6.45) is 0. The molecule has 0 aliphatic heterocycles. The number of sulfonamides is 1. The third kappa shape index (κ3) is 6.18. The standard InChI is InChI=1S/C24H25ClN2O5S/c1-15-11-16(2)24(17(3)12-15)26-23(28)14-32-19-6-8-20(9-7-19)33(29,30)27-18-5-10-22(31-4)21(25)13-18/h5-13,27H,14H2,1-4H3,(H,26,28). The molecule has 0 bridgehead atoms. The normalized spacial score (nSPS) is 11.1. The SMILES string of the molecule is COc1ccc(NS(=O)(=O)c2ccc(OCC(=O)Nc3c(C)cc(C)cc3C)cc2)cc1Cl. The largest absolute Gasteiger partial charge is 0.495 e. The number of anilines is 2. The van der Waals surface area contributed by atoms with Crippen LogP contribution in [0.2, 0.25) is 5.02 Å². The van der Waals surface area contributed by atoms with Crippen molar-refractivity contribution >= 4 is 38.9 Å². The lowest BCUT2D eigenvalue weighted by atomic mass is 10.1. The Bertz CT molecular complexity index is 1250. The minimum Gasteiger partial charge on any atom is -0.495 e. The van der Waals surface area contributed by atoms with Gasteiger partial charge >= 0.3 is 0 Å². The highest BCUT2D eigenvalue weighted by molar-refractivity contribution is 7.92. The highest BCUT2D eigenvalue weighted by atomic mass is 35.5. The summed E-state index contributed by atoms with van der Waals surface area (Å²) in [5.41, 5.74) is 4.14. The lowest BCUT2D eigenvalue weighted by molar-refractivity contribution is -0.118. The molecule has 9 heteroatoms. The van der Waals surface area contributed by atoms with E-state index in [2.05, 4.69) is 10.0 Å². The van der Waals surface area contributed by atoms with Crippen LogP contribution in [0.25, 0.3) is 0 Å². The molecule has 3 aromatic carbocycles. The first-order valence-electron chi connectivity index (χ1n) is 10.1. The van der Waals surface area contributed by atoms with Crippen molar-refractivity contribution in [3.05, 3.63) is 76.3 Å². The number of halogens is 1. The predicted molar refractivity (Wildman–Crippen MR) is 130 cm³/mol. The van der Waals surface area contributed by atoms with Crippen LogP contribution in [0, 0.1) is 20.8 Å². The van der Waals surface area contributed by atoms with Crippen molar-refractivity contribution in [2.24, 2.45) is 0 Å². The van der Waals surface area contributed by atoms with E-state index in [1.54, 1.807) is 12.1 Å². The van der Waals surface area contributed by atoms with Gasteiger partial charge in [-0.3, -0.25) is 9.52 Å². The second-order valence-corrected chi connectivity index (χ2v) is 9.63. The van der Waals surface area contributed by atoms with Gasteiger partial charge in [0, 0.05) is 5.69 Å². The summed E-state index contributed by atoms with van der Waals surface area (Å²) in [5, 5.41) is 3.15. The molecule has 0 aromatic heterocycles. The van der Waals surface area contributed by atoms with Gasteiger partial charge in [-0.1, -0.05) is 29.3 Å². The third-order valence-electron chi connectivity index (χ3n) is 4.85. The molecule has 0 unspecified atom stereocenters. The Labute approximate surface area is 198 Å². The molecular weight excluding hydrogens is 464 g/mol. The zero-order chi connectivity index (χ0) is 24.2. The van der Waals surface area contributed by atoms with Crippen LogP contribution in [0.1, 0.15) is 16.7 Å². The fourth-order valence-electron chi connectivity index (χ4n) is 3.36. The number of nitrogens with one attached hydrogen (secondary N) is 2. The zero-order valence-electron chi connectivity index (χ0n) is 18.7. The molecule has 0 heterocycles. The number of carbonyl (C=O) groups is 1. The minimum atomic E-state index is -3.84. The Kier molecular flexibility index (Phi) is 7.50. The zero-order valence-corrected chi connectivity index (χ0v) is 20.3. The van der Waals surface area contributed by atoms with Gasteiger partial charge < -0.3 is 14.8 Å². The molecule has 0 aliphatic carbocycles. The fraction of sp³-hybridized carbons (Fsp3) is 0.208. The quantitative estimate of drug-likeness (QED) is 0.460. The first kappa shape index (κ1) is 24.4. The lowest BCUT2D eigenvalue weighted by Crippen LogP contribution is -2.21. The van der Waals surface area contributed by atoms with Crippen LogP contribution in [0.3, 0.4) is 0 Å². The molecule has 2 N–H and O–H groups in total. The fourth-order valence-corrected chi connectivity index (χ4v) is 4.67. The average Bonchev–Trinajstić information content (AvgIpc) is 2.75. The molecular formula is C24H25ClN2O5S. The summed E-state index contributed by atoms with van der Waals surface area (Å²) in [6.45, 7) is 5.66. The molecule has 33 heavy (non-hydrogen) atoms. The van der Waals surface area contributed by atoms with E-state index in [-0.39, 0.29) is 22.4 Å². The number of carbonyl (C=O) groups excluding carboxylic acids is 1. The molecule has 0 radical (unpaired) electrons. The van der Waals surface area contributed by atoms with E-state index in [9.17, 15) is 13.2 Å². The van der Waals surface area contributed by atoms with E-state index in [1.807, 2.05) is 32.9 Å². The van der Waals surface area contributed by atoms with Crippen molar-refractivity contribution in [3.8, 4) is 11.5 Å². The smallest absolute Gasteiger partial charge is 0.262 e. The summed E-state index contributed by atoms with van der Waals surface area (Å²) in [7, 11) is -2.36. The number of hydrogen-bond donors (Lipinski definition) is 2. The van der Waals surface area contributed by atoms with Gasteiger partial charge in [0.15, 0.2) is 6.61 Å². The van der Waals surface area contributed by atoms with E-state index < -0.39 is 10.0 Å². The molecule has 0 atom stereocenters. The highest BCUT2D eigenvalue weighted by Crippen LogP contribution is 2.28. The van der Waals surface area contributed by atoms with Crippen molar-refractivity contribution in [3.63, 3.8) is 0 Å². The Balaban J connectivity index is 1.61. The van der Waals surface area contributed by atoms with Crippen LogP contribution < -0.4 is 19.5 Å². The number of ether oxygens (including phenoxy) is 2. The topological polar surface area (TPSA) is 93.7 Å². The molecule has 174 valence electrons. The van der Waals surface area contributed by atoms with Crippen LogP contribution >= 0.6 is 11.6 Å². The van der Waals surface area contributed by atoms with E-state index in [1.165, 1.54) is 37.4 Å². The first-order valence-corrected chi connectivity index (χ1v) is 11.9. The van der Waals surface area contributed by atoms with Gasteiger partial charge in [0.2, 0.25) is 0 Å². The van der Waals surface area contributed by atoms with Crippen molar-refractivity contribution in [1.82, 2.24) is 0 Å². The van der Waals surface area contributed by atoms with Crippen LogP contribution in [-0.2, 0) is 14.8 Å². The van der Waals surface area contributed by atoms with Gasteiger partial charge in [0.05, 0.1) is 22.7 Å². The number of aryl methyl sites for hydroxylation is 3. The number of rotatable bonds is 8. The summed E-state index contributed by atoms with van der Waals surface area (Å²) in [5.74, 6) is 0.506. The molecule has 0 aliphatic rings. The van der Waals surface area contributed by atoms with E-state index in [4.69, 9.17) is 21.1 Å². The van der Waals surface area contributed by atoms with Gasteiger partial charge in [-0.15, -0.1) is 0 Å². The van der Waals surface area contributed by atoms with Crippen molar-refractivity contribution in [2.75, 3.05) is 23.8 Å². The molecule has 1 amide bonds. The maximum Gasteiger partial charge on any atom is 0.262 e. The van der Waals surface area contributed by atoms with Gasteiger partial charge in [-0.05, 0) is 74.4 Å². The van der Waals surface area contributed by atoms with Gasteiger partial charge in [0.25, 0.3) is 15.9 Å². The Hall–Kier alpha value is -3.23. The molecule has 0 spiro atoms. The number of amides is 1. The minimum absolute atomic E-state index is 0.0390. The molecule has 0 saturated carbocycles. The molecule has 0 saturated heterocycles. The Morgan fingerprint density at radius 1 is 0.970 bits per heavy atom. The monoisotopic (exact) mass is 488 g/mol. The second-order valence-electron chi connectivity index (χ2n) is 7.54. The van der Waals surface area contributed by atoms with Crippen LogP contribution in [0.15, 0.2) is 59.5 Å². The summed E-state index contributed by atoms with van der Waals surface area (Å²) in [6, 6.07) is 14.4. The van der Waals surface area contributed by atoms with Crippen molar-refractivity contribution < 1.29 is 22.7 Å². The number of benzene rings is 3. The van der Waals surface area contributed by atoms with Crippen LogP contribution in [0.5, 0.6) is 11.5 Å². The van der Waals surface area contributed by atoms with Gasteiger partial charge in [0.1, 0.15) is 11.5 Å². The second kappa shape index (κ2) is 10.1. The maximum atomic E-state index is 12.6. The highest BCUT2D eigenvalue weighted by Gasteiger charge is 2.16.